The number of esters is 2. The zero-order chi connectivity index (χ0) is 69.5. The molecule has 0 aromatic heterocycles. The van der Waals surface area contributed by atoms with Gasteiger partial charge in [0.05, 0.1) is 18.1 Å². The predicted octanol–water partition coefficient (Wildman–Crippen LogP) is 25.1. The average molecular weight is 1360 g/mol. The first-order valence-electron chi connectivity index (χ1n) is 43.2. The van der Waals surface area contributed by atoms with Gasteiger partial charge in [-0.15, -0.1) is 0 Å². The standard InChI is InChI=1S/C86H166O10/c1-4-6-8-10-12-14-16-18-20-21-22-38-41-45-49-53-57-61-65-69-73-78(85(92)94-76-80-82(89)83(90)84(91)86(93)96-80)79(87)74-70-66-62-58-54-50-46-42-39-36-34-32-30-28-26-24-23-25-27-29-31-33-35-37-40-43-47-51-55-59-63-67-71-75-81(88)95-77(3)72-68-64-60-56-52-48-44-19-17-15-13-11-9-7-5-2/h23-24,77-80,82-84,86-87,89-91,93H,4-22,25-76H2,1-3H3/t77?,78?,79?,80-,82-,83+,84-,86?/m1/s1. The van der Waals surface area contributed by atoms with Crippen LogP contribution in [0.4, 0.5) is 0 Å². The van der Waals surface area contributed by atoms with Gasteiger partial charge in [0.2, 0.25) is 0 Å². The molecular weight excluding hydrogens is 1190 g/mol. The molecule has 5 N–H and O–H groups in total. The van der Waals surface area contributed by atoms with Crippen molar-refractivity contribution < 1.29 is 49.3 Å². The zero-order valence-corrected chi connectivity index (χ0v) is 64.3. The van der Waals surface area contributed by atoms with E-state index in [4.69, 9.17) is 14.2 Å². The van der Waals surface area contributed by atoms with E-state index in [2.05, 4.69) is 32.9 Å². The quantitative estimate of drug-likeness (QED) is 0.0225. The van der Waals surface area contributed by atoms with Crippen molar-refractivity contribution in [1.82, 2.24) is 0 Å². The summed E-state index contributed by atoms with van der Waals surface area (Å²) >= 11 is 0. The second-order valence-corrected chi connectivity index (χ2v) is 30.7. The number of unbranched alkanes of at least 4 members (excludes halogenated alkanes) is 62. The van der Waals surface area contributed by atoms with E-state index in [0.29, 0.717) is 19.3 Å². The highest BCUT2D eigenvalue weighted by atomic mass is 16.7. The molecule has 10 heteroatoms. The maximum absolute atomic E-state index is 13.4. The van der Waals surface area contributed by atoms with E-state index in [1.165, 1.54) is 372 Å². The molecule has 0 radical (unpaired) electrons. The number of aliphatic hydroxyl groups is 5. The van der Waals surface area contributed by atoms with Gasteiger partial charge in [-0.25, -0.2) is 0 Å². The molecule has 0 aromatic carbocycles. The van der Waals surface area contributed by atoms with E-state index >= 15 is 0 Å². The summed E-state index contributed by atoms with van der Waals surface area (Å²) in [6, 6.07) is 0. The molecule has 0 spiro atoms. The SMILES string of the molecule is CCCCCCCCCCCCCCCCCCCCCCC(C(=O)OC[C@H]1OC(O)[C@H](O)[C@@H](O)[C@@H]1O)C(O)CCCCCCCCCCCCCCCCC=CCCCCCCCCCCCCCCCCCC(=O)OC(C)CCCCCCCCCCCCCCCCC. The molecule has 1 heterocycles. The lowest BCUT2D eigenvalue weighted by Crippen LogP contribution is -2.58. The summed E-state index contributed by atoms with van der Waals surface area (Å²) < 4.78 is 16.5. The van der Waals surface area contributed by atoms with E-state index < -0.39 is 48.7 Å². The molecule has 1 aliphatic rings. The number of hydrogen-bond donors (Lipinski definition) is 5. The van der Waals surface area contributed by atoms with Crippen molar-refractivity contribution in [2.45, 2.75) is 513 Å². The van der Waals surface area contributed by atoms with E-state index in [1.807, 2.05) is 0 Å². The second kappa shape index (κ2) is 73.2. The highest BCUT2D eigenvalue weighted by Crippen LogP contribution is 2.26. The van der Waals surface area contributed by atoms with Crippen LogP contribution in [-0.4, -0.2) is 87.0 Å². The van der Waals surface area contributed by atoms with Crippen molar-refractivity contribution in [2.75, 3.05) is 6.61 Å². The minimum Gasteiger partial charge on any atom is -0.463 e. The monoisotopic (exact) mass is 1360 g/mol. The smallest absolute Gasteiger partial charge is 0.311 e. The molecule has 1 rings (SSSR count). The Morgan fingerprint density at radius 3 is 0.938 bits per heavy atom. The van der Waals surface area contributed by atoms with Crippen LogP contribution in [0, 0.1) is 5.92 Å². The van der Waals surface area contributed by atoms with Crippen LogP contribution < -0.4 is 0 Å². The van der Waals surface area contributed by atoms with E-state index in [1.54, 1.807) is 0 Å². The average Bonchev–Trinajstić information content (AvgIpc) is 0.847. The number of ether oxygens (including phenoxy) is 3. The summed E-state index contributed by atoms with van der Waals surface area (Å²) in [5.41, 5.74) is 0. The molecule has 0 bridgehead atoms. The fourth-order valence-corrected chi connectivity index (χ4v) is 14.6. The molecule has 96 heavy (non-hydrogen) atoms. The van der Waals surface area contributed by atoms with Crippen molar-refractivity contribution in [2.24, 2.45) is 5.92 Å². The lowest BCUT2D eigenvalue weighted by atomic mass is 9.91. The first-order valence-corrected chi connectivity index (χ1v) is 43.2. The zero-order valence-electron chi connectivity index (χ0n) is 64.3. The van der Waals surface area contributed by atoms with Crippen LogP contribution in [0.25, 0.3) is 0 Å². The molecule has 1 saturated heterocycles. The Kier molecular flexibility index (Phi) is 70.5. The molecule has 1 aliphatic heterocycles. The van der Waals surface area contributed by atoms with Crippen LogP contribution in [0.1, 0.15) is 470 Å². The van der Waals surface area contributed by atoms with Gasteiger partial charge in [0.15, 0.2) is 6.29 Å². The van der Waals surface area contributed by atoms with Crippen LogP contribution in [-0.2, 0) is 23.8 Å². The fourth-order valence-electron chi connectivity index (χ4n) is 14.6. The van der Waals surface area contributed by atoms with Gasteiger partial charge in [0, 0.05) is 6.42 Å². The highest BCUT2D eigenvalue weighted by molar-refractivity contribution is 5.73. The Labute approximate surface area is 596 Å². The molecule has 1 fully saturated rings. The third-order valence-corrected chi connectivity index (χ3v) is 21.3. The molecule has 0 amide bonds. The van der Waals surface area contributed by atoms with Gasteiger partial charge in [0.25, 0.3) is 0 Å². The number of aliphatic hydroxyl groups excluding tert-OH is 5. The van der Waals surface area contributed by atoms with E-state index in [-0.39, 0.29) is 18.7 Å². The van der Waals surface area contributed by atoms with Gasteiger partial charge < -0.3 is 39.7 Å². The third-order valence-electron chi connectivity index (χ3n) is 21.3. The Hall–Kier alpha value is -1.56. The Balaban J connectivity index is 1.94. The topological polar surface area (TPSA) is 163 Å². The molecule has 0 aromatic rings. The summed E-state index contributed by atoms with van der Waals surface area (Å²) in [5.74, 6) is -1.21. The predicted molar refractivity (Wildman–Crippen MR) is 409 cm³/mol. The lowest BCUT2D eigenvalue weighted by molar-refractivity contribution is -0.287. The van der Waals surface area contributed by atoms with Gasteiger partial charge in [-0.3, -0.25) is 9.59 Å². The maximum atomic E-state index is 13.4. The largest absolute Gasteiger partial charge is 0.463 e. The van der Waals surface area contributed by atoms with E-state index in [0.717, 1.165) is 57.8 Å². The molecule has 0 aliphatic carbocycles. The number of hydrogen-bond acceptors (Lipinski definition) is 10. The van der Waals surface area contributed by atoms with Gasteiger partial charge in [-0.1, -0.05) is 411 Å². The summed E-state index contributed by atoms with van der Waals surface area (Å²) in [6.07, 6.45) is 86.0. The van der Waals surface area contributed by atoms with E-state index in [9.17, 15) is 35.1 Å². The Bertz CT molecular complexity index is 1610. The van der Waals surface area contributed by atoms with Gasteiger partial charge in [0.1, 0.15) is 31.0 Å². The summed E-state index contributed by atoms with van der Waals surface area (Å²) in [7, 11) is 0. The minimum atomic E-state index is -1.69. The van der Waals surface area contributed by atoms with Crippen LogP contribution in [0.5, 0.6) is 0 Å². The number of allylic oxidation sites excluding steroid dienone is 2. The summed E-state index contributed by atoms with van der Waals surface area (Å²) in [6.45, 7) is 6.28. The fraction of sp³-hybridized carbons (Fsp3) is 0.953. The Morgan fingerprint density at radius 2 is 0.615 bits per heavy atom. The van der Waals surface area contributed by atoms with Crippen LogP contribution >= 0.6 is 0 Å². The van der Waals surface area contributed by atoms with Gasteiger partial charge >= 0.3 is 11.9 Å². The van der Waals surface area contributed by atoms with Crippen LogP contribution in [0.3, 0.4) is 0 Å². The van der Waals surface area contributed by atoms with Crippen molar-refractivity contribution in [3.63, 3.8) is 0 Å². The van der Waals surface area contributed by atoms with Crippen molar-refractivity contribution in [3.05, 3.63) is 12.2 Å². The molecule has 0 saturated carbocycles. The third kappa shape index (κ3) is 61.1. The summed E-state index contributed by atoms with van der Waals surface area (Å²) in [4.78, 5) is 25.8. The van der Waals surface area contributed by atoms with Crippen molar-refractivity contribution in [1.29, 1.82) is 0 Å². The molecular formula is C86H166O10. The second-order valence-electron chi connectivity index (χ2n) is 30.7. The highest BCUT2D eigenvalue weighted by Gasteiger charge is 2.44. The molecule has 10 nitrogen and oxygen atoms in total. The molecule has 8 atom stereocenters. The lowest BCUT2D eigenvalue weighted by Gasteiger charge is -2.38. The number of rotatable bonds is 77. The molecule has 570 valence electrons. The minimum absolute atomic E-state index is 0.0153. The molecule has 4 unspecified atom stereocenters. The number of carbonyl (C=O) groups excluding carboxylic acids is 2. The normalized spacial score (nSPS) is 17.6. The van der Waals surface area contributed by atoms with Gasteiger partial charge in [-0.05, 0) is 64.7 Å². The van der Waals surface area contributed by atoms with Crippen LogP contribution in [0.15, 0.2) is 12.2 Å². The van der Waals surface area contributed by atoms with Crippen molar-refractivity contribution >= 4 is 11.9 Å². The first kappa shape index (κ1) is 92.5. The Morgan fingerprint density at radius 1 is 0.344 bits per heavy atom. The van der Waals surface area contributed by atoms with Crippen LogP contribution in [0.2, 0.25) is 0 Å². The number of carbonyl (C=O) groups is 2. The van der Waals surface area contributed by atoms with Gasteiger partial charge in [-0.2, -0.15) is 0 Å². The first-order chi connectivity index (χ1) is 47.1. The summed E-state index contributed by atoms with van der Waals surface area (Å²) in [5, 5.41) is 51.7. The maximum Gasteiger partial charge on any atom is 0.311 e. The van der Waals surface area contributed by atoms with Crippen molar-refractivity contribution in [3.8, 4) is 0 Å².